The number of aliphatic hydroxyl groups is 2. The molecule has 104 valence electrons. The van der Waals surface area contributed by atoms with E-state index in [1.54, 1.807) is 0 Å². The molecule has 0 bridgehead atoms. The van der Waals surface area contributed by atoms with Crippen molar-refractivity contribution in [1.82, 2.24) is 0 Å². The summed E-state index contributed by atoms with van der Waals surface area (Å²) in [6, 6.07) is 16.5. The maximum atomic E-state index is 10.3. The van der Waals surface area contributed by atoms with Crippen molar-refractivity contribution in [3.8, 4) is 0 Å². The fraction of sp³-hybridized carbons (Fsp3) is 0.222. The predicted octanol–water partition coefficient (Wildman–Crippen LogP) is 2.84. The van der Waals surface area contributed by atoms with Crippen molar-refractivity contribution in [2.45, 2.75) is 24.4 Å². The maximum absolute atomic E-state index is 10.3. The molecule has 1 fully saturated rings. The summed E-state index contributed by atoms with van der Waals surface area (Å²) in [4.78, 5) is 0. The molecular weight excluding hydrogens is 264 g/mol. The molecule has 3 heteroatoms. The van der Waals surface area contributed by atoms with Crippen LogP contribution in [0.4, 0.5) is 0 Å². The molecule has 0 aromatic heterocycles. The lowest BCUT2D eigenvalue weighted by atomic mass is 9.85. The van der Waals surface area contributed by atoms with Gasteiger partial charge >= 0.3 is 0 Å². The van der Waals surface area contributed by atoms with Crippen LogP contribution in [0.1, 0.15) is 23.3 Å². The Kier molecular flexibility index (Phi) is 2.13. The van der Waals surface area contributed by atoms with Gasteiger partial charge in [-0.3, -0.25) is 0 Å². The minimum atomic E-state index is -0.868. The SMILES string of the molecule is O[C@@H]1[C@H]2O[C@H]2c2cc3ccc4ccccc4c3cc2[C@H]1O. The highest BCUT2D eigenvalue weighted by atomic mass is 16.6. The van der Waals surface area contributed by atoms with Crippen LogP contribution in [0.25, 0.3) is 21.5 Å². The maximum Gasteiger partial charge on any atom is 0.118 e. The van der Waals surface area contributed by atoms with E-state index in [2.05, 4.69) is 30.3 Å². The first-order valence-electron chi connectivity index (χ1n) is 7.21. The Balaban J connectivity index is 1.87. The molecule has 2 aliphatic rings. The van der Waals surface area contributed by atoms with Crippen LogP contribution in [0.3, 0.4) is 0 Å². The van der Waals surface area contributed by atoms with Crippen LogP contribution in [0.15, 0.2) is 48.5 Å². The van der Waals surface area contributed by atoms with E-state index in [1.165, 1.54) is 10.8 Å². The number of aliphatic hydroxyl groups excluding tert-OH is 2. The standard InChI is InChI=1S/C18H14O3/c19-15-13-8-12-10(6-5-9-3-1-2-4-11(9)12)7-14(13)17-18(21-17)16(15)20/h1-8,15-20H/t15-,16+,17+,18-/m1/s1. The van der Waals surface area contributed by atoms with Crippen LogP contribution in [-0.2, 0) is 4.74 Å². The topological polar surface area (TPSA) is 53.0 Å². The van der Waals surface area contributed by atoms with Gasteiger partial charge in [0.2, 0.25) is 0 Å². The summed E-state index contributed by atoms with van der Waals surface area (Å²) in [7, 11) is 0. The first kappa shape index (κ1) is 11.7. The van der Waals surface area contributed by atoms with E-state index in [1.807, 2.05) is 18.2 Å². The highest BCUT2D eigenvalue weighted by Gasteiger charge is 2.53. The molecule has 0 radical (unpaired) electrons. The zero-order valence-electron chi connectivity index (χ0n) is 11.2. The first-order chi connectivity index (χ1) is 10.2. The molecule has 4 atom stereocenters. The van der Waals surface area contributed by atoms with Gasteiger partial charge in [-0.1, -0.05) is 36.4 Å². The normalized spacial score (nSPS) is 30.2. The van der Waals surface area contributed by atoms with E-state index in [0.29, 0.717) is 0 Å². The van der Waals surface area contributed by atoms with E-state index >= 15 is 0 Å². The lowest BCUT2D eigenvalue weighted by molar-refractivity contribution is 0.0000752. The third kappa shape index (κ3) is 1.48. The quantitative estimate of drug-likeness (QED) is 0.491. The summed E-state index contributed by atoms with van der Waals surface area (Å²) in [5.74, 6) is 0. The lowest BCUT2D eigenvalue weighted by Crippen LogP contribution is -2.28. The molecule has 1 aliphatic heterocycles. The molecule has 3 aromatic rings. The Morgan fingerprint density at radius 3 is 2.52 bits per heavy atom. The van der Waals surface area contributed by atoms with Crippen molar-refractivity contribution in [2.24, 2.45) is 0 Å². The molecule has 0 unspecified atom stereocenters. The highest BCUT2D eigenvalue weighted by Crippen LogP contribution is 2.51. The second-order valence-electron chi connectivity index (χ2n) is 5.95. The van der Waals surface area contributed by atoms with E-state index in [0.717, 1.165) is 21.9 Å². The van der Waals surface area contributed by atoms with Crippen LogP contribution in [0, 0.1) is 0 Å². The average molecular weight is 278 g/mol. The third-order valence-corrected chi connectivity index (χ3v) is 4.76. The fourth-order valence-electron chi connectivity index (χ4n) is 3.59. The predicted molar refractivity (Wildman–Crippen MR) is 80.0 cm³/mol. The van der Waals surface area contributed by atoms with Gasteiger partial charge < -0.3 is 14.9 Å². The number of benzene rings is 3. The van der Waals surface area contributed by atoms with Gasteiger partial charge in [0.1, 0.15) is 24.4 Å². The summed E-state index contributed by atoms with van der Waals surface area (Å²) < 4.78 is 5.51. The molecule has 1 aliphatic carbocycles. The average Bonchev–Trinajstić information content (AvgIpc) is 3.32. The summed E-state index contributed by atoms with van der Waals surface area (Å²) in [6.07, 6.45) is -2.00. The van der Waals surface area contributed by atoms with Crippen molar-refractivity contribution >= 4 is 21.5 Å². The molecule has 1 saturated heterocycles. The van der Waals surface area contributed by atoms with Gasteiger partial charge in [0.15, 0.2) is 0 Å². The Morgan fingerprint density at radius 1 is 0.810 bits per heavy atom. The zero-order chi connectivity index (χ0) is 14.1. The van der Waals surface area contributed by atoms with Crippen molar-refractivity contribution in [1.29, 1.82) is 0 Å². The molecule has 3 nitrogen and oxygen atoms in total. The fourth-order valence-corrected chi connectivity index (χ4v) is 3.59. The van der Waals surface area contributed by atoms with Gasteiger partial charge in [-0.15, -0.1) is 0 Å². The largest absolute Gasteiger partial charge is 0.387 e. The van der Waals surface area contributed by atoms with Crippen LogP contribution in [0.2, 0.25) is 0 Å². The van der Waals surface area contributed by atoms with Crippen molar-refractivity contribution < 1.29 is 14.9 Å². The summed E-state index contributed by atoms with van der Waals surface area (Å²) in [6.45, 7) is 0. The molecule has 0 spiro atoms. The van der Waals surface area contributed by atoms with Gasteiger partial charge in [-0.25, -0.2) is 0 Å². The minimum absolute atomic E-state index is 0.0609. The van der Waals surface area contributed by atoms with Crippen LogP contribution in [-0.4, -0.2) is 22.4 Å². The Labute approximate surface area is 121 Å². The smallest absolute Gasteiger partial charge is 0.118 e. The van der Waals surface area contributed by atoms with Gasteiger partial charge in [0.05, 0.1) is 0 Å². The van der Waals surface area contributed by atoms with Gasteiger partial charge in [0.25, 0.3) is 0 Å². The minimum Gasteiger partial charge on any atom is -0.387 e. The molecule has 5 rings (SSSR count). The van der Waals surface area contributed by atoms with Gasteiger partial charge in [0, 0.05) is 0 Å². The van der Waals surface area contributed by atoms with Crippen molar-refractivity contribution in [2.75, 3.05) is 0 Å². The molecular formula is C18H14O3. The molecule has 1 heterocycles. The molecule has 2 N–H and O–H groups in total. The van der Waals surface area contributed by atoms with E-state index in [4.69, 9.17) is 4.74 Å². The summed E-state index contributed by atoms with van der Waals surface area (Å²) in [5, 5.41) is 25.0. The third-order valence-electron chi connectivity index (χ3n) is 4.76. The number of hydrogen-bond acceptors (Lipinski definition) is 3. The Bertz CT molecular complexity index is 886. The molecule has 3 aromatic carbocycles. The van der Waals surface area contributed by atoms with Crippen LogP contribution in [0.5, 0.6) is 0 Å². The second-order valence-corrected chi connectivity index (χ2v) is 5.95. The Hall–Kier alpha value is -1.94. The van der Waals surface area contributed by atoms with Crippen molar-refractivity contribution in [3.63, 3.8) is 0 Å². The van der Waals surface area contributed by atoms with Gasteiger partial charge in [-0.05, 0) is 44.8 Å². The Morgan fingerprint density at radius 2 is 1.62 bits per heavy atom. The van der Waals surface area contributed by atoms with E-state index in [-0.39, 0.29) is 12.2 Å². The second kappa shape index (κ2) is 3.83. The van der Waals surface area contributed by atoms with Crippen molar-refractivity contribution in [3.05, 3.63) is 59.7 Å². The number of fused-ring (bicyclic) bond motifs is 6. The highest BCUT2D eigenvalue weighted by molar-refractivity contribution is 6.08. The number of epoxide rings is 1. The van der Waals surface area contributed by atoms with Crippen LogP contribution < -0.4 is 0 Å². The van der Waals surface area contributed by atoms with Crippen LogP contribution >= 0.6 is 0 Å². The number of rotatable bonds is 0. The van der Waals surface area contributed by atoms with E-state index in [9.17, 15) is 10.2 Å². The summed E-state index contributed by atoms with van der Waals surface area (Å²) >= 11 is 0. The first-order valence-corrected chi connectivity index (χ1v) is 7.21. The molecule has 0 saturated carbocycles. The zero-order valence-corrected chi connectivity index (χ0v) is 11.2. The lowest BCUT2D eigenvalue weighted by Gasteiger charge is -2.24. The number of hydrogen-bond donors (Lipinski definition) is 2. The van der Waals surface area contributed by atoms with E-state index < -0.39 is 12.2 Å². The molecule has 0 amide bonds. The number of ether oxygens (including phenoxy) is 1. The van der Waals surface area contributed by atoms with Gasteiger partial charge in [-0.2, -0.15) is 0 Å². The monoisotopic (exact) mass is 278 g/mol. The summed E-state index contributed by atoms with van der Waals surface area (Å²) in [5.41, 5.74) is 1.81. The molecule has 21 heavy (non-hydrogen) atoms.